The van der Waals surface area contributed by atoms with Crippen LogP contribution in [0, 0.1) is 0 Å². The summed E-state index contributed by atoms with van der Waals surface area (Å²) in [5.74, 6) is 0. The van der Waals surface area contributed by atoms with Crippen molar-refractivity contribution in [3.8, 4) is 0 Å². The van der Waals surface area contributed by atoms with Crippen molar-refractivity contribution in [1.29, 1.82) is 0 Å². The second kappa shape index (κ2) is 3.38. The number of hydrogen-bond acceptors (Lipinski definition) is 1. The van der Waals surface area contributed by atoms with Gasteiger partial charge in [-0.15, -0.1) is 0 Å². The first-order valence-corrected chi connectivity index (χ1v) is 3.97. The Bertz CT molecular complexity index is 51.5. The SMILES string of the molecule is CC[Se]C(C)=O. The normalized spacial score (nSPS) is 8.33. The Morgan fingerprint density at radius 2 is 2.33 bits per heavy atom. The molecule has 6 heavy (non-hydrogen) atoms. The first kappa shape index (κ1) is 6.19. The van der Waals surface area contributed by atoms with Gasteiger partial charge < -0.3 is 0 Å². The Kier molecular flexibility index (Phi) is 3.49. The second-order valence-corrected chi connectivity index (χ2v) is 3.95. The summed E-state index contributed by atoms with van der Waals surface area (Å²) >= 11 is 0.278. The molecule has 0 amide bonds. The van der Waals surface area contributed by atoms with Crippen LogP contribution in [-0.4, -0.2) is 19.6 Å². The molecule has 0 heterocycles. The molecule has 0 radical (unpaired) electrons. The molecule has 36 valence electrons. The predicted octanol–water partition coefficient (Wildman–Crippen LogP) is 0.675. The van der Waals surface area contributed by atoms with Crippen LogP contribution in [0.15, 0.2) is 0 Å². The Morgan fingerprint density at radius 3 is 2.33 bits per heavy atom. The molecule has 0 bridgehead atoms. The summed E-state index contributed by atoms with van der Waals surface area (Å²) in [6.45, 7) is 3.67. The molecule has 0 N–H and O–H groups in total. The Balaban J connectivity index is 2.83. The zero-order chi connectivity index (χ0) is 4.99. The van der Waals surface area contributed by atoms with Crippen molar-refractivity contribution >= 4 is 19.6 Å². The van der Waals surface area contributed by atoms with Crippen molar-refractivity contribution in [3.63, 3.8) is 0 Å². The Labute approximate surface area is 44.3 Å². The van der Waals surface area contributed by atoms with Crippen molar-refractivity contribution in [2.45, 2.75) is 19.2 Å². The van der Waals surface area contributed by atoms with Gasteiger partial charge in [-0.25, -0.2) is 0 Å². The van der Waals surface area contributed by atoms with Gasteiger partial charge in [0, 0.05) is 0 Å². The van der Waals surface area contributed by atoms with Crippen LogP contribution in [0.3, 0.4) is 0 Å². The minimum atomic E-state index is 0.278. The van der Waals surface area contributed by atoms with E-state index in [1.54, 1.807) is 6.92 Å². The van der Waals surface area contributed by atoms with Gasteiger partial charge in [-0.3, -0.25) is 0 Å². The molecule has 0 aromatic carbocycles. The van der Waals surface area contributed by atoms with Crippen molar-refractivity contribution < 1.29 is 4.79 Å². The number of carbonyl (C=O) groups excluding carboxylic acids is 1. The maximum atomic E-state index is 10.1. The van der Waals surface area contributed by atoms with Crippen LogP contribution in [0.4, 0.5) is 0 Å². The average Bonchev–Trinajstić information content (AvgIpc) is 1.35. The van der Waals surface area contributed by atoms with E-state index in [-0.39, 0.29) is 15.0 Å². The van der Waals surface area contributed by atoms with Crippen LogP contribution >= 0.6 is 0 Å². The molecule has 0 aromatic heterocycles. The number of rotatable bonds is 2. The monoisotopic (exact) mass is 152 g/mol. The third-order valence-electron chi connectivity index (χ3n) is 0.348. The first-order valence-electron chi connectivity index (χ1n) is 1.90. The van der Waals surface area contributed by atoms with E-state index in [1.807, 2.05) is 6.92 Å². The van der Waals surface area contributed by atoms with Crippen LogP contribution in [0.2, 0.25) is 5.32 Å². The number of hydrogen-bond donors (Lipinski definition) is 0. The van der Waals surface area contributed by atoms with E-state index < -0.39 is 0 Å². The van der Waals surface area contributed by atoms with Crippen LogP contribution in [0.5, 0.6) is 0 Å². The van der Waals surface area contributed by atoms with Gasteiger partial charge in [0.15, 0.2) is 0 Å². The van der Waals surface area contributed by atoms with Crippen molar-refractivity contribution in [3.05, 3.63) is 0 Å². The van der Waals surface area contributed by atoms with E-state index in [0.717, 1.165) is 5.32 Å². The van der Waals surface area contributed by atoms with Gasteiger partial charge in [0.1, 0.15) is 0 Å². The molecule has 0 fully saturated rings. The molecule has 0 aliphatic rings. The van der Waals surface area contributed by atoms with Gasteiger partial charge in [0.2, 0.25) is 0 Å². The summed E-state index contributed by atoms with van der Waals surface area (Å²) in [7, 11) is 0. The van der Waals surface area contributed by atoms with Gasteiger partial charge >= 0.3 is 43.6 Å². The average molecular weight is 151 g/mol. The van der Waals surface area contributed by atoms with Gasteiger partial charge in [0.25, 0.3) is 0 Å². The van der Waals surface area contributed by atoms with Crippen molar-refractivity contribution in [1.82, 2.24) is 0 Å². The van der Waals surface area contributed by atoms with Crippen LogP contribution in [0.1, 0.15) is 13.8 Å². The van der Waals surface area contributed by atoms with E-state index in [9.17, 15) is 4.79 Å². The van der Waals surface area contributed by atoms with Gasteiger partial charge in [-0.05, 0) is 0 Å². The molecule has 0 aliphatic carbocycles. The van der Waals surface area contributed by atoms with Crippen LogP contribution in [-0.2, 0) is 4.79 Å². The van der Waals surface area contributed by atoms with E-state index in [2.05, 4.69) is 0 Å². The summed E-state index contributed by atoms with van der Waals surface area (Å²) < 4.78 is 0.352. The molecule has 0 atom stereocenters. The fraction of sp³-hybridized carbons (Fsp3) is 0.750. The van der Waals surface area contributed by atoms with Gasteiger partial charge in [-0.2, -0.15) is 0 Å². The molecular weight excluding hydrogens is 143 g/mol. The third-order valence-corrected chi connectivity index (χ3v) is 1.81. The molecule has 0 unspecified atom stereocenters. The van der Waals surface area contributed by atoms with Crippen molar-refractivity contribution in [2.75, 3.05) is 0 Å². The second-order valence-electron chi connectivity index (χ2n) is 0.925. The summed E-state index contributed by atoms with van der Waals surface area (Å²) in [5.41, 5.74) is 0. The van der Waals surface area contributed by atoms with Crippen molar-refractivity contribution in [2.24, 2.45) is 0 Å². The van der Waals surface area contributed by atoms with E-state index in [4.69, 9.17) is 0 Å². The summed E-state index contributed by atoms with van der Waals surface area (Å²) in [5, 5.41) is 1.04. The standard InChI is InChI=1S/C4H8OSe/c1-3-6-4(2)5/h3H2,1-2H3. The number of carbonyl (C=O) groups is 1. The van der Waals surface area contributed by atoms with E-state index in [0.29, 0.717) is 4.68 Å². The molecule has 0 spiro atoms. The van der Waals surface area contributed by atoms with Gasteiger partial charge in [-0.1, -0.05) is 0 Å². The zero-order valence-corrected chi connectivity index (χ0v) is 5.74. The molecule has 0 aliphatic heterocycles. The Morgan fingerprint density at radius 1 is 1.83 bits per heavy atom. The summed E-state index contributed by atoms with van der Waals surface area (Å²) in [6, 6.07) is 0. The molecule has 0 saturated carbocycles. The molecular formula is C4H8OSe. The van der Waals surface area contributed by atoms with Crippen LogP contribution < -0.4 is 0 Å². The van der Waals surface area contributed by atoms with E-state index >= 15 is 0 Å². The quantitative estimate of drug-likeness (QED) is 0.530. The fourth-order valence-corrected chi connectivity index (χ4v) is 1.06. The first-order chi connectivity index (χ1) is 2.77. The molecule has 0 aromatic rings. The molecule has 2 heteroatoms. The van der Waals surface area contributed by atoms with E-state index in [1.165, 1.54) is 0 Å². The molecule has 0 rings (SSSR count). The third kappa shape index (κ3) is 4.19. The zero-order valence-electron chi connectivity index (χ0n) is 4.02. The van der Waals surface area contributed by atoms with Gasteiger partial charge in [0.05, 0.1) is 0 Å². The topological polar surface area (TPSA) is 17.1 Å². The predicted molar refractivity (Wildman–Crippen MR) is 26.9 cm³/mol. The molecule has 1 nitrogen and oxygen atoms in total. The minimum absolute atomic E-state index is 0.278. The molecule has 0 saturated heterocycles. The Hall–Kier alpha value is 0.189. The maximum absolute atomic E-state index is 10.1. The summed E-state index contributed by atoms with van der Waals surface area (Å²) in [4.78, 5) is 10.1. The fourth-order valence-electron chi connectivity index (χ4n) is 0.203. The van der Waals surface area contributed by atoms with Crippen LogP contribution in [0.25, 0.3) is 0 Å². The summed E-state index contributed by atoms with van der Waals surface area (Å²) in [6.07, 6.45) is 0.